The second-order valence-corrected chi connectivity index (χ2v) is 8.75. The van der Waals surface area contributed by atoms with E-state index in [9.17, 15) is 4.79 Å². The van der Waals surface area contributed by atoms with Gasteiger partial charge in [0.1, 0.15) is 5.78 Å². The molecular weight excluding hydrogens is 370 g/mol. The number of likely N-dealkylation sites (tertiary alicyclic amines) is 1. The predicted molar refractivity (Wildman–Crippen MR) is 123 cm³/mol. The Hall–Kier alpha value is -1.97. The summed E-state index contributed by atoms with van der Waals surface area (Å²) in [7, 11) is 0. The van der Waals surface area contributed by atoms with Gasteiger partial charge < -0.3 is 4.74 Å². The van der Waals surface area contributed by atoms with Gasteiger partial charge in [-0.15, -0.1) is 0 Å². The molecule has 1 fully saturated rings. The highest BCUT2D eigenvalue weighted by Gasteiger charge is 2.35. The largest absolute Gasteiger partial charge is 0.374 e. The monoisotopic (exact) mass is 407 g/mol. The van der Waals surface area contributed by atoms with E-state index in [-0.39, 0.29) is 12.1 Å². The van der Waals surface area contributed by atoms with Crippen molar-refractivity contribution in [2.45, 2.75) is 90.1 Å². The van der Waals surface area contributed by atoms with Gasteiger partial charge in [-0.3, -0.25) is 9.69 Å². The zero-order chi connectivity index (χ0) is 21.2. The predicted octanol–water partition coefficient (Wildman–Crippen LogP) is 6.16. The quantitative estimate of drug-likeness (QED) is 0.418. The van der Waals surface area contributed by atoms with Crippen LogP contribution in [0, 0.1) is 0 Å². The second-order valence-electron chi connectivity index (χ2n) is 8.75. The summed E-state index contributed by atoms with van der Waals surface area (Å²) in [6.07, 6.45) is 7.14. The number of nitrogens with zero attached hydrogens (tertiary/aromatic N) is 1. The van der Waals surface area contributed by atoms with Crippen LogP contribution in [0.1, 0.15) is 69.9 Å². The van der Waals surface area contributed by atoms with Crippen LogP contribution in [0.15, 0.2) is 60.7 Å². The van der Waals surface area contributed by atoms with Crippen molar-refractivity contribution in [2.75, 3.05) is 0 Å². The minimum atomic E-state index is 0.121. The summed E-state index contributed by atoms with van der Waals surface area (Å²) in [6.45, 7) is 5.93. The van der Waals surface area contributed by atoms with Crippen molar-refractivity contribution in [2.24, 2.45) is 0 Å². The number of rotatable bonds is 11. The first-order valence-corrected chi connectivity index (χ1v) is 11.6. The lowest BCUT2D eigenvalue weighted by Gasteiger charge is -2.42. The molecule has 0 radical (unpaired) electrons. The summed E-state index contributed by atoms with van der Waals surface area (Å²) < 4.78 is 6.16. The third-order valence-corrected chi connectivity index (χ3v) is 6.19. The fourth-order valence-electron chi connectivity index (χ4n) is 4.57. The van der Waals surface area contributed by atoms with E-state index in [2.05, 4.69) is 61.2 Å². The first-order chi connectivity index (χ1) is 14.7. The van der Waals surface area contributed by atoms with Crippen LogP contribution in [-0.2, 0) is 22.7 Å². The molecule has 3 atom stereocenters. The van der Waals surface area contributed by atoms with Crippen molar-refractivity contribution in [3.05, 3.63) is 71.8 Å². The summed E-state index contributed by atoms with van der Waals surface area (Å²) in [5.74, 6) is 0.418. The Balaban J connectivity index is 1.66. The minimum Gasteiger partial charge on any atom is -0.374 e. The normalized spacial score (nSPS) is 20.9. The lowest BCUT2D eigenvalue weighted by atomic mass is 9.88. The molecule has 0 aromatic heterocycles. The molecule has 1 saturated heterocycles. The first-order valence-electron chi connectivity index (χ1n) is 11.6. The number of hydrogen-bond acceptors (Lipinski definition) is 3. The standard InChI is InChI=1S/C27H37NO2/c1-3-4-7-16-25-18-27(29)19-26(28(25)20-23-12-8-5-9-13-23)17-22(2)30-21-24-14-10-6-11-15-24/h5-6,8-15,22,25-26H,3-4,7,16-21H2,1-2H3/t22-,25?,26?/m0/s1. The van der Waals surface area contributed by atoms with Crippen LogP contribution in [0.25, 0.3) is 0 Å². The van der Waals surface area contributed by atoms with Gasteiger partial charge in [0.05, 0.1) is 12.7 Å². The molecular formula is C27H37NO2. The number of unbranched alkanes of at least 4 members (excludes halogenated alkanes) is 2. The zero-order valence-corrected chi connectivity index (χ0v) is 18.6. The number of carbonyl (C=O) groups is 1. The van der Waals surface area contributed by atoms with E-state index in [0.717, 1.165) is 19.4 Å². The fourth-order valence-corrected chi connectivity index (χ4v) is 4.57. The highest BCUT2D eigenvalue weighted by atomic mass is 16.5. The molecule has 0 aliphatic carbocycles. The van der Waals surface area contributed by atoms with Gasteiger partial charge in [-0.25, -0.2) is 0 Å². The van der Waals surface area contributed by atoms with Gasteiger partial charge in [-0.05, 0) is 30.9 Å². The molecule has 2 aromatic carbocycles. The van der Waals surface area contributed by atoms with Crippen molar-refractivity contribution >= 4 is 5.78 Å². The lowest BCUT2D eigenvalue weighted by Crippen LogP contribution is -2.50. The van der Waals surface area contributed by atoms with Crippen molar-refractivity contribution < 1.29 is 9.53 Å². The topological polar surface area (TPSA) is 29.5 Å². The number of piperidine rings is 1. The Labute approximate surface area is 182 Å². The average Bonchev–Trinajstić information content (AvgIpc) is 2.76. The summed E-state index contributed by atoms with van der Waals surface area (Å²) in [6, 6.07) is 21.6. The third kappa shape index (κ3) is 7.07. The molecule has 0 N–H and O–H groups in total. The molecule has 0 spiro atoms. The van der Waals surface area contributed by atoms with Crippen LogP contribution in [0.2, 0.25) is 0 Å². The maximum Gasteiger partial charge on any atom is 0.136 e. The third-order valence-electron chi connectivity index (χ3n) is 6.19. The summed E-state index contributed by atoms with van der Waals surface area (Å²) in [4.78, 5) is 15.2. The molecule has 2 unspecified atom stereocenters. The van der Waals surface area contributed by atoms with Crippen LogP contribution in [0.4, 0.5) is 0 Å². The average molecular weight is 408 g/mol. The molecule has 1 heterocycles. The van der Waals surface area contributed by atoms with Crippen molar-refractivity contribution in [3.63, 3.8) is 0 Å². The summed E-state index contributed by atoms with van der Waals surface area (Å²) in [5, 5.41) is 0. The fraction of sp³-hybridized carbons (Fsp3) is 0.519. The molecule has 3 rings (SSSR count). The van der Waals surface area contributed by atoms with E-state index in [1.165, 1.54) is 30.4 Å². The molecule has 2 aromatic rings. The molecule has 162 valence electrons. The Morgan fingerprint density at radius 1 is 0.933 bits per heavy atom. The van der Waals surface area contributed by atoms with Gasteiger partial charge in [0.15, 0.2) is 0 Å². The Bertz CT molecular complexity index is 746. The maximum atomic E-state index is 12.6. The highest BCUT2D eigenvalue weighted by Crippen LogP contribution is 2.29. The van der Waals surface area contributed by atoms with Crippen LogP contribution < -0.4 is 0 Å². The van der Waals surface area contributed by atoms with Gasteiger partial charge in [-0.1, -0.05) is 86.8 Å². The number of ketones is 1. The Morgan fingerprint density at radius 2 is 1.57 bits per heavy atom. The number of carbonyl (C=O) groups excluding carboxylic acids is 1. The van der Waals surface area contributed by atoms with Crippen LogP contribution in [0.5, 0.6) is 0 Å². The van der Waals surface area contributed by atoms with Crippen LogP contribution >= 0.6 is 0 Å². The number of ether oxygens (including phenoxy) is 1. The van der Waals surface area contributed by atoms with Crippen molar-refractivity contribution in [1.29, 1.82) is 0 Å². The first kappa shape index (κ1) is 22.7. The minimum absolute atomic E-state index is 0.121. The molecule has 0 amide bonds. The van der Waals surface area contributed by atoms with Gasteiger partial charge in [0, 0.05) is 31.5 Å². The molecule has 3 heteroatoms. The van der Waals surface area contributed by atoms with E-state index >= 15 is 0 Å². The van der Waals surface area contributed by atoms with E-state index < -0.39 is 0 Å². The SMILES string of the molecule is CCCCCC1CC(=O)CC(C[C@H](C)OCc2ccccc2)N1Cc1ccccc1. The van der Waals surface area contributed by atoms with E-state index in [0.29, 0.717) is 31.3 Å². The molecule has 3 nitrogen and oxygen atoms in total. The van der Waals surface area contributed by atoms with E-state index in [4.69, 9.17) is 4.74 Å². The van der Waals surface area contributed by atoms with Crippen molar-refractivity contribution in [3.8, 4) is 0 Å². The van der Waals surface area contributed by atoms with Gasteiger partial charge >= 0.3 is 0 Å². The van der Waals surface area contributed by atoms with Crippen molar-refractivity contribution in [1.82, 2.24) is 4.90 Å². The Morgan fingerprint density at radius 3 is 2.23 bits per heavy atom. The molecule has 0 saturated carbocycles. The molecule has 1 aliphatic rings. The molecule has 0 bridgehead atoms. The highest BCUT2D eigenvalue weighted by molar-refractivity contribution is 5.80. The summed E-state index contributed by atoms with van der Waals surface area (Å²) >= 11 is 0. The number of hydrogen-bond donors (Lipinski definition) is 0. The zero-order valence-electron chi connectivity index (χ0n) is 18.6. The smallest absolute Gasteiger partial charge is 0.136 e. The van der Waals surface area contributed by atoms with E-state index in [1.54, 1.807) is 0 Å². The van der Waals surface area contributed by atoms with E-state index in [1.807, 2.05) is 18.2 Å². The molecule has 1 aliphatic heterocycles. The van der Waals surface area contributed by atoms with Crippen LogP contribution in [0.3, 0.4) is 0 Å². The second kappa shape index (κ2) is 12.0. The number of benzene rings is 2. The number of Topliss-reactive ketones (excluding diaryl/α,β-unsaturated/α-hetero) is 1. The lowest BCUT2D eigenvalue weighted by molar-refractivity contribution is -0.127. The van der Waals surface area contributed by atoms with Gasteiger partial charge in [0.2, 0.25) is 0 Å². The Kier molecular flexibility index (Phi) is 9.10. The molecule has 30 heavy (non-hydrogen) atoms. The maximum absolute atomic E-state index is 12.6. The van der Waals surface area contributed by atoms with Gasteiger partial charge in [-0.2, -0.15) is 0 Å². The van der Waals surface area contributed by atoms with Gasteiger partial charge in [0.25, 0.3) is 0 Å². The van der Waals surface area contributed by atoms with Crippen LogP contribution in [-0.4, -0.2) is 28.9 Å². The summed E-state index contributed by atoms with van der Waals surface area (Å²) in [5.41, 5.74) is 2.53.